The molecular weight excluding hydrogens is 488 g/mol. The van der Waals surface area contributed by atoms with Crippen LogP contribution in [-0.4, -0.2) is 43.5 Å². The second-order valence-electron chi connectivity index (χ2n) is 8.86. The smallest absolute Gasteiger partial charge is 0.367 e. The van der Waals surface area contributed by atoms with Gasteiger partial charge in [0.15, 0.2) is 9.84 Å². The van der Waals surface area contributed by atoms with E-state index in [9.17, 15) is 31.2 Å². The number of nitrogens with zero attached hydrogens (tertiary/aromatic N) is 1. The van der Waals surface area contributed by atoms with E-state index in [0.29, 0.717) is 18.9 Å². The fourth-order valence-corrected chi connectivity index (χ4v) is 5.39. The van der Waals surface area contributed by atoms with Crippen molar-refractivity contribution in [2.75, 3.05) is 12.8 Å². The summed E-state index contributed by atoms with van der Waals surface area (Å²) < 4.78 is 78.3. The number of sulfone groups is 1. The number of nitrogens with two attached hydrogens (primary N) is 1. The Kier molecular flexibility index (Phi) is 6.03. The quantitative estimate of drug-likeness (QED) is 0.474. The fourth-order valence-electron chi connectivity index (χ4n) is 4.72. The van der Waals surface area contributed by atoms with Gasteiger partial charge in [-0.05, 0) is 54.7 Å². The van der Waals surface area contributed by atoms with Crippen LogP contribution in [0.15, 0.2) is 59.5 Å². The van der Waals surface area contributed by atoms with Crippen LogP contribution in [0.2, 0.25) is 0 Å². The van der Waals surface area contributed by atoms with Crippen molar-refractivity contribution in [3.8, 4) is 0 Å². The predicted molar refractivity (Wildman–Crippen MR) is 119 cm³/mol. The van der Waals surface area contributed by atoms with E-state index < -0.39 is 50.7 Å². The van der Waals surface area contributed by atoms with Crippen LogP contribution in [-0.2, 0) is 20.8 Å². The van der Waals surface area contributed by atoms with Crippen molar-refractivity contribution >= 4 is 21.7 Å². The van der Waals surface area contributed by atoms with Crippen LogP contribution in [0, 0.1) is 11.7 Å². The summed E-state index contributed by atoms with van der Waals surface area (Å²) in [6, 6.07) is 7.36. The molecule has 186 valence electrons. The highest BCUT2D eigenvalue weighted by molar-refractivity contribution is 7.90. The minimum Gasteiger partial charge on any atom is -0.367 e. The molecule has 1 unspecified atom stereocenters. The predicted octanol–water partition coefficient (Wildman–Crippen LogP) is 3.68. The molecule has 4 rings (SSSR count). The molecule has 35 heavy (non-hydrogen) atoms. The summed E-state index contributed by atoms with van der Waals surface area (Å²) in [7, 11) is -3.63. The third-order valence-electron chi connectivity index (χ3n) is 6.49. The zero-order valence-corrected chi connectivity index (χ0v) is 19.4. The standard InChI is InChI=1S/C24H22F4N2O4S/c1-35(33,34)17-5-2-4-15(12-17)21(31)30-11-3-10-23(30,22(29)32)20(14-6-7-14)18-9-8-16(13-19(18)25)24(26,27)28/h2-5,8-10,12-14,20H,6-7,11H2,1H3,(H2,29,32)/t20-,23?/m1/s1. The van der Waals surface area contributed by atoms with E-state index in [0.717, 1.165) is 23.3 Å². The second kappa shape index (κ2) is 8.47. The van der Waals surface area contributed by atoms with Crippen LogP contribution in [0.3, 0.4) is 0 Å². The van der Waals surface area contributed by atoms with Gasteiger partial charge in [-0.2, -0.15) is 13.2 Å². The molecular formula is C24H22F4N2O4S. The lowest BCUT2D eigenvalue weighted by molar-refractivity contribution is -0.137. The average Bonchev–Trinajstić information content (AvgIpc) is 3.50. The Hall–Kier alpha value is -3.21. The van der Waals surface area contributed by atoms with Gasteiger partial charge in [-0.1, -0.05) is 24.3 Å². The van der Waals surface area contributed by atoms with Crippen molar-refractivity contribution in [3.05, 3.63) is 77.1 Å². The number of carbonyl (C=O) groups is 2. The number of halogens is 4. The minimum atomic E-state index is -4.75. The van der Waals surface area contributed by atoms with Crippen molar-refractivity contribution in [3.63, 3.8) is 0 Å². The van der Waals surface area contributed by atoms with Gasteiger partial charge in [0, 0.05) is 24.3 Å². The molecule has 2 N–H and O–H groups in total. The molecule has 11 heteroatoms. The summed E-state index contributed by atoms with van der Waals surface area (Å²) in [5, 5.41) is 0. The molecule has 2 aromatic rings. The lowest BCUT2D eigenvalue weighted by Crippen LogP contribution is -2.60. The Bertz CT molecular complexity index is 1340. The molecule has 0 radical (unpaired) electrons. The highest BCUT2D eigenvalue weighted by Crippen LogP contribution is 2.53. The zero-order chi connectivity index (χ0) is 25.8. The molecule has 1 saturated carbocycles. The van der Waals surface area contributed by atoms with Gasteiger partial charge in [-0.3, -0.25) is 9.59 Å². The van der Waals surface area contributed by atoms with Gasteiger partial charge in [0.25, 0.3) is 5.91 Å². The lowest BCUT2D eigenvalue weighted by atomic mass is 9.74. The Morgan fingerprint density at radius 2 is 1.83 bits per heavy atom. The number of hydrogen-bond acceptors (Lipinski definition) is 4. The molecule has 2 amide bonds. The summed E-state index contributed by atoms with van der Waals surface area (Å²) >= 11 is 0. The largest absolute Gasteiger partial charge is 0.416 e. The normalized spacial score (nSPS) is 21.2. The molecule has 0 spiro atoms. The van der Waals surface area contributed by atoms with Crippen molar-refractivity contribution in [2.24, 2.45) is 11.7 Å². The second-order valence-corrected chi connectivity index (χ2v) is 10.9. The van der Waals surface area contributed by atoms with Crippen molar-refractivity contribution in [2.45, 2.75) is 35.4 Å². The zero-order valence-electron chi connectivity index (χ0n) is 18.5. The average molecular weight is 511 g/mol. The first-order valence-electron chi connectivity index (χ1n) is 10.7. The molecule has 1 aliphatic heterocycles. The van der Waals surface area contributed by atoms with Crippen LogP contribution in [0.5, 0.6) is 0 Å². The summed E-state index contributed by atoms with van der Waals surface area (Å²) in [4.78, 5) is 27.5. The summed E-state index contributed by atoms with van der Waals surface area (Å²) in [5.74, 6) is -4.14. The lowest BCUT2D eigenvalue weighted by Gasteiger charge is -2.42. The van der Waals surface area contributed by atoms with E-state index in [4.69, 9.17) is 5.73 Å². The fraction of sp³-hybridized carbons (Fsp3) is 0.333. The van der Waals surface area contributed by atoms with E-state index in [2.05, 4.69) is 0 Å². The van der Waals surface area contributed by atoms with E-state index in [-0.39, 0.29) is 28.5 Å². The molecule has 0 bridgehead atoms. The maximum absolute atomic E-state index is 15.1. The SMILES string of the molecule is CS(=O)(=O)c1cccc(C(=O)N2CC=CC2(C(N)=O)[C@@H](c2ccc(C(F)(F)F)cc2F)C2CC2)c1. The molecule has 1 heterocycles. The first-order valence-corrected chi connectivity index (χ1v) is 12.6. The minimum absolute atomic E-state index is 0.0234. The number of alkyl halides is 3. The number of rotatable bonds is 6. The van der Waals surface area contributed by atoms with Crippen LogP contribution in [0.4, 0.5) is 17.6 Å². The molecule has 0 aromatic heterocycles. The van der Waals surface area contributed by atoms with E-state index in [1.807, 2.05) is 0 Å². The Balaban J connectivity index is 1.82. The molecule has 1 fully saturated rings. The highest BCUT2D eigenvalue weighted by Gasteiger charge is 2.57. The molecule has 2 atom stereocenters. The van der Waals surface area contributed by atoms with E-state index in [1.165, 1.54) is 36.4 Å². The number of benzene rings is 2. The summed E-state index contributed by atoms with van der Waals surface area (Å²) in [6.45, 7) is -0.0731. The molecule has 6 nitrogen and oxygen atoms in total. The third kappa shape index (κ3) is 4.44. The topological polar surface area (TPSA) is 97.5 Å². The van der Waals surface area contributed by atoms with Crippen molar-refractivity contribution in [1.29, 1.82) is 0 Å². The van der Waals surface area contributed by atoms with Gasteiger partial charge in [0.2, 0.25) is 5.91 Å². The Labute approximate surface area is 199 Å². The Morgan fingerprint density at radius 3 is 2.37 bits per heavy atom. The first-order chi connectivity index (χ1) is 16.3. The third-order valence-corrected chi connectivity index (χ3v) is 7.60. The van der Waals surface area contributed by atoms with Gasteiger partial charge >= 0.3 is 6.18 Å². The summed E-state index contributed by atoms with van der Waals surface area (Å²) in [5.41, 5.74) is 2.62. The highest BCUT2D eigenvalue weighted by atomic mass is 32.2. The number of primary amides is 1. The van der Waals surface area contributed by atoms with Crippen molar-refractivity contribution < 1.29 is 35.6 Å². The Morgan fingerprint density at radius 1 is 1.14 bits per heavy atom. The van der Waals surface area contributed by atoms with E-state index >= 15 is 4.39 Å². The van der Waals surface area contributed by atoms with E-state index in [1.54, 1.807) is 0 Å². The van der Waals surface area contributed by atoms with Crippen molar-refractivity contribution in [1.82, 2.24) is 4.90 Å². The monoisotopic (exact) mass is 510 g/mol. The number of amides is 2. The van der Waals surface area contributed by atoms with Crippen LogP contribution < -0.4 is 5.73 Å². The van der Waals surface area contributed by atoms with Gasteiger partial charge in [0.1, 0.15) is 11.4 Å². The van der Waals surface area contributed by atoms with Gasteiger partial charge in [-0.25, -0.2) is 12.8 Å². The van der Waals surface area contributed by atoms with Gasteiger partial charge in [0.05, 0.1) is 10.5 Å². The van der Waals surface area contributed by atoms with Gasteiger partial charge in [-0.15, -0.1) is 0 Å². The van der Waals surface area contributed by atoms with Crippen LogP contribution in [0.1, 0.15) is 40.2 Å². The summed E-state index contributed by atoms with van der Waals surface area (Å²) in [6.07, 6.45) is 0.279. The molecule has 2 aromatic carbocycles. The number of carbonyl (C=O) groups excluding carboxylic acids is 2. The number of hydrogen-bond donors (Lipinski definition) is 1. The molecule has 0 saturated heterocycles. The molecule has 1 aliphatic carbocycles. The maximum Gasteiger partial charge on any atom is 0.416 e. The molecule has 2 aliphatic rings. The van der Waals surface area contributed by atoms with Crippen LogP contribution in [0.25, 0.3) is 0 Å². The maximum atomic E-state index is 15.1. The van der Waals surface area contributed by atoms with Crippen LogP contribution >= 0.6 is 0 Å². The first kappa shape index (κ1) is 24.9. The van der Waals surface area contributed by atoms with Gasteiger partial charge < -0.3 is 10.6 Å².